The third-order valence-electron chi connectivity index (χ3n) is 2.06. The van der Waals surface area contributed by atoms with Crippen LogP contribution in [-0.4, -0.2) is 9.38 Å². The second-order valence-corrected chi connectivity index (χ2v) is 2.98. The zero-order chi connectivity index (χ0) is 8.55. The van der Waals surface area contributed by atoms with Crippen LogP contribution in [0.5, 0.6) is 0 Å². The molecule has 0 fully saturated rings. The minimum Gasteiger partial charge on any atom is -0.304 e. The molecule has 0 aliphatic rings. The third kappa shape index (κ3) is 0.998. The largest absolute Gasteiger partial charge is 0.304 e. The number of hydrogen-bond acceptors (Lipinski definition) is 1. The number of aryl methyl sites for hydroxylation is 2. The summed E-state index contributed by atoms with van der Waals surface area (Å²) in [5, 5.41) is 0. The quantitative estimate of drug-likeness (QED) is 0.625. The van der Waals surface area contributed by atoms with Crippen molar-refractivity contribution in [2.24, 2.45) is 0 Å². The molecule has 0 unspecified atom stereocenters. The van der Waals surface area contributed by atoms with Crippen LogP contribution in [0, 0.1) is 6.92 Å². The van der Waals surface area contributed by atoms with Crippen molar-refractivity contribution < 1.29 is 0 Å². The molecule has 0 amide bonds. The minimum absolute atomic E-state index is 1.05. The molecule has 0 saturated carbocycles. The van der Waals surface area contributed by atoms with Crippen molar-refractivity contribution in [2.45, 2.75) is 20.3 Å². The summed E-state index contributed by atoms with van der Waals surface area (Å²) in [6, 6.07) is 6.22. The Balaban J connectivity index is 2.78. The van der Waals surface area contributed by atoms with Crippen molar-refractivity contribution >= 4 is 5.65 Å². The molecule has 62 valence electrons. The smallest absolute Gasteiger partial charge is 0.137 e. The van der Waals surface area contributed by atoms with E-state index in [-0.39, 0.29) is 0 Å². The van der Waals surface area contributed by atoms with E-state index in [4.69, 9.17) is 0 Å². The molecule has 2 aromatic heterocycles. The molecule has 0 aliphatic carbocycles. The van der Waals surface area contributed by atoms with Gasteiger partial charge < -0.3 is 4.40 Å². The highest BCUT2D eigenvalue weighted by Crippen LogP contribution is 2.08. The van der Waals surface area contributed by atoms with Gasteiger partial charge in [-0.15, -0.1) is 0 Å². The fourth-order valence-corrected chi connectivity index (χ4v) is 1.48. The summed E-state index contributed by atoms with van der Waals surface area (Å²) in [4.78, 5) is 4.38. The highest BCUT2D eigenvalue weighted by molar-refractivity contribution is 5.41. The minimum atomic E-state index is 1.05. The Morgan fingerprint density at radius 1 is 1.42 bits per heavy atom. The molecule has 12 heavy (non-hydrogen) atoms. The molecule has 0 bridgehead atoms. The van der Waals surface area contributed by atoms with Gasteiger partial charge in [0, 0.05) is 11.9 Å². The van der Waals surface area contributed by atoms with Crippen LogP contribution in [-0.2, 0) is 6.42 Å². The fourth-order valence-electron chi connectivity index (χ4n) is 1.48. The van der Waals surface area contributed by atoms with Crippen molar-refractivity contribution in [3.63, 3.8) is 0 Å². The normalized spacial score (nSPS) is 10.8. The summed E-state index contributed by atoms with van der Waals surface area (Å²) in [7, 11) is 0. The zero-order valence-corrected chi connectivity index (χ0v) is 7.41. The summed E-state index contributed by atoms with van der Waals surface area (Å²) in [6.07, 6.45) is 3.13. The number of hydrogen-bond donors (Lipinski definition) is 0. The number of fused-ring (bicyclic) bond motifs is 1. The van der Waals surface area contributed by atoms with Gasteiger partial charge in [-0.3, -0.25) is 0 Å². The van der Waals surface area contributed by atoms with Gasteiger partial charge in [0.2, 0.25) is 0 Å². The van der Waals surface area contributed by atoms with Crippen molar-refractivity contribution in [2.75, 3.05) is 0 Å². The molecule has 0 spiro atoms. The topological polar surface area (TPSA) is 17.3 Å². The van der Waals surface area contributed by atoms with Crippen LogP contribution in [0.1, 0.15) is 18.3 Å². The monoisotopic (exact) mass is 160 g/mol. The zero-order valence-electron chi connectivity index (χ0n) is 7.41. The first-order chi connectivity index (χ1) is 5.81. The maximum Gasteiger partial charge on any atom is 0.137 e. The second kappa shape index (κ2) is 2.63. The Kier molecular flexibility index (Phi) is 1.61. The third-order valence-corrected chi connectivity index (χ3v) is 2.06. The van der Waals surface area contributed by atoms with E-state index in [0.29, 0.717) is 0 Å². The Hall–Kier alpha value is -1.31. The molecule has 0 saturated heterocycles. The average molecular weight is 160 g/mol. The predicted octanol–water partition coefficient (Wildman–Crippen LogP) is 2.21. The van der Waals surface area contributed by atoms with E-state index in [2.05, 4.69) is 34.6 Å². The van der Waals surface area contributed by atoms with Crippen molar-refractivity contribution in [3.05, 3.63) is 35.8 Å². The summed E-state index contributed by atoms with van der Waals surface area (Å²) in [5.41, 5.74) is 3.44. The Labute approximate surface area is 71.9 Å². The van der Waals surface area contributed by atoms with Crippen LogP contribution >= 0.6 is 0 Å². The lowest BCUT2D eigenvalue weighted by Gasteiger charge is -1.99. The van der Waals surface area contributed by atoms with Crippen LogP contribution < -0.4 is 0 Å². The molecule has 2 nitrogen and oxygen atoms in total. The number of nitrogens with zero attached hydrogens (tertiary/aromatic N) is 2. The predicted molar refractivity (Wildman–Crippen MR) is 49.3 cm³/mol. The highest BCUT2D eigenvalue weighted by Gasteiger charge is 1.99. The first-order valence-electron chi connectivity index (χ1n) is 4.25. The van der Waals surface area contributed by atoms with Gasteiger partial charge in [-0.05, 0) is 25.5 Å². The molecule has 0 aromatic carbocycles. The number of rotatable bonds is 1. The Morgan fingerprint density at radius 3 is 3.00 bits per heavy atom. The molecule has 2 heterocycles. The molecule has 2 rings (SSSR count). The maximum atomic E-state index is 4.38. The Bertz CT molecular complexity index is 401. The SMILES string of the molecule is CCc1cccc2nc(C)cn12. The van der Waals surface area contributed by atoms with Crippen molar-refractivity contribution in [1.29, 1.82) is 0 Å². The van der Waals surface area contributed by atoms with E-state index in [1.807, 2.05) is 13.0 Å². The summed E-state index contributed by atoms with van der Waals surface area (Å²) < 4.78 is 2.15. The van der Waals surface area contributed by atoms with E-state index in [1.54, 1.807) is 0 Å². The first kappa shape index (κ1) is 7.35. The van der Waals surface area contributed by atoms with Crippen LogP contribution in [0.25, 0.3) is 5.65 Å². The van der Waals surface area contributed by atoms with E-state index in [0.717, 1.165) is 17.8 Å². The van der Waals surface area contributed by atoms with Gasteiger partial charge in [-0.25, -0.2) is 4.98 Å². The second-order valence-electron chi connectivity index (χ2n) is 2.98. The van der Waals surface area contributed by atoms with Gasteiger partial charge in [0.1, 0.15) is 5.65 Å². The van der Waals surface area contributed by atoms with Crippen LogP contribution in [0.3, 0.4) is 0 Å². The molecule has 0 atom stereocenters. The Morgan fingerprint density at radius 2 is 2.25 bits per heavy atom. The molecule has 2 aromatic rings. The van der Waals surface area contributed by atoms with Gasteiger partial charge in [0.25, 0.3) is 0 Å². The van der Waals surface area contributed by atoms with E-state index >= 15 is 0 Å². The lowest BCUT2D eigenvalue weighted by molar-refractivity contribution is 0.979. The maximum absolute atomic E-state index is 4.38. The van der Waals surface area contributed by atoms with Gasteiger partial charge in [-0.2, -0.15) is 0 Å². The molecular formula is C10H12N2. The summed E-state index contributed by atoms with van der Waals surface area (Å²) in [6.45, 7) is 4.18. The standard InChI is InChI=1S/C10H12N2/c1-3-9-5-4-6-10-11-8(2)7-12(9)10/h4-7H,3H2,1-2H3. The van der Waals surface area contributed by atoms with Crippen molar-refractivity contribution in [1.82, 2.24) is 9.38 Å². The molecule has 0 radical (unpaired) electrons. The van der Waals surface area contributed by atoms with E-state index in [1.165, 1.54) is 5.69 Å². The molecule has 0 N–H and O–H groups in total. The lowest BCUT2D eigenvalue weighted by atomic mass is 10.3. The first-order valence-corrected chi connectivity index (χ1v) is 4.25. The van der Waals surface area contributed by atoms with Gasteiger partial charge in [0.15, 0.2) is 0 Å². The van der Waals surface area contributed by atoms with Gasteiger partial charge in [0.05, 0.1) is 5.69 Å². The summed E-state index contributed by atoms with van der Waals surface area (Å²) in [5.74, 6) is 0. The van der Waals surface area contributed by atoms with Crippen LogP contribution in [0.2, 0.25) is 0 Å². The molecule has 2 heteroatoms. The number of pyridine rings is 1. The molecule has 0 aliphatic heterocycles. The number of imidazole rings is 1. The van der Waals surface area contributed by atoms with Crippen molar-refractivity contribution in [3.8, 4) is 0 Å². The van der Waals surface area contributed by atoms with Gasteiger partial charge in [-0.1, -0.05) is 13.0 Å². The average Bonchev–Trinajstić information content (AvgIpc) is 2.44. The van der Waals surface area contributed by atoms with Crippen LogP contribution in [0.15, 0.2) is 24.4 Å². The van der Waals surface area contributed by atoms with E-state index < -0.39 is 0 Å². The summed E-state index contributed by atoms with van der Waals surface area (Å²) >= 11 is 0. The number of aromatic nitrogens is 2. The molecular weight excluding hydrogens is 148 g/mol. The highest BCUT2D eigenvalue weighted by atomic mass is 15.0. The van der Waals surface area contributed by atoms with Gasteiger partial charge >= 0.3 is 0 Å². The van der Waals surface area contributed by atoms with Crippen LogP contribution in [0.4, 0.5) is 0 Å². The fraction of sp³-hybridized carbons (Fsp3) is 0.300. The lowest BCUT2D eigenvalue weighted by Crippen LogP contribution is -1.92. The van der Waals surface area contributed by atoms with E-state index in [9.17, 15) is 0 Å².